The summed E-state index contributed by atoms with van der Waals surface area (Å²) < 4.78 is 43.3. The van der Waals surface area contributed by atoms with Crippen LogP contribution in [-0.4, -0.2) is 63.6 Å². The summed E-state index contributed by atoms with van der Waals surface area (Å²) in [7, 11) is -2.34. The normalized spacial score (nSPS) is 17.1. The van der Waals surface area contributed by atoms with E-state index in [2.05, 4.69) is 4.90 Å². The van der Waals surface area contributed by atoms with E-state index < -0.39 is 15.9 Å². The lowest BCUT2D eigenvalue weighted by Crippen LogP contribution is -2.48. The maximum absolute atomic E-state index is 13.0. The van der Waals surface area contributed by atoms with E-state index in [1.54, 1.807) is 0 Å². The van der Waals surface area contributed by atoms with Crippen LogP contribution >= 0.6 is 0 Å². The molecule has 0 aliphatic carbocycles. The molecule has 4 rings (SSSR count). The standard InChI is InChI=1S/C20H23N3O6S/c1-27-17-5-3-15(11-16(17)20(21)24)30(25,26)23-8-6-22(7-9-23)12-14-2-4-18-19(10-14)29-13-28-18/h2-5,10-11H,6-9,12-13H2,1H3,(H2,21,24). The molecule has 0 atom stereocenters. The number of rotatable bonds is 6. The van der Waals surface area contributed by atoms with Crippen molar-refractivity contribution in [3.8, 4) is 17.2 Å². The van der Waals surface area contributed by atoms with Crippen molar-refractivity contribution >= 4 is 15.9 Å². The number of carbonyl (C=O) groups excluding carboxylic acids is 1. The van der Waals surface area contributed by atoms with Gasteiger partial charge in [0.1, 0.15) is 5.75 Å². The minimum absolute atomic E-state index is 0.0290. The van der Waals surface area contributed by atoms with Crippen LogP contribution in [0.25, 0.3) is 0 Å². The number of piperazine rings is 1. The predicted octanol–water partition coefficient (Wildman–Crippen LogP) is 1.03. The Balaban J connectivity index is 1.43. The van der Waals surface area contributed by atoms with Crippen molar-refractivity contribution in [3.63, 3.8) is 0 Å². The summed E-state index contributed by atoms with van der Waals surface area (Å²) in [5.74, 6) is 0.982. The van der Waals surface area contributed by atoms with Crippen molar-refractivity contribution in [2.45, 2.75) is 11.4 Å². The number of carbonyl (C=O) groups is 1. The van der Waals surface area contributed by atoms with E-state index in [4.69, 9.17) is 19.9 Å². The van der Waals surface area contributed by atoms with Crippen LogP contribution in [0.5, 0.6) is 17.2 Å². The van der Waals surface area contributed by atoms with Gasteiger partial charge in [0.2, 0.25) is 16.8 Å². The highest BCUT2D eigenvalue weighted by atomic mass is 32.2. The van der Waals surface area contributed by atoms with E-state index in [9.17, 15) is 13.2 Å². The lowest BCUT2D eigenvalue weighted by Gasteiger charge is -2.34. The number of sulfonamides is 1. The molecule has 160 valence electrons. The molecule has 2 aromatic carbocycles. The summed E-state index contributed by atoms with van der Waals surface area (Å²) in [4.78, 5) is 13.8. The lowest BCUT2D eigenvalue weighted by molar-refractivity contribution is 0.0997. The second kappa shape index (κ2) is 8.13. The minimum atomic E-state index is -3.74. The van der Waals surface area contributed by atoms with Crippen molar-refractivity contribution in [2.75, 3.05) is 40.1 Å². The smallest absolute Gasteiger partial charge is 0.252 e. The summed E-state index contributed by atoms with van der Waals surface area (Å²) in [5, 5.41) is 0. The average molecular weight is 433 g/mol. The lowest BCUT2D eigenvalue weighted by atomic mass is 10.2. The van der Waals surface area contributed by atoms with Gasteiger partial charge in [0.05, 0.1) is 17.6 Å². The molecular weight excluding hydrogens is 410 g/mol. The Bertz CT molecular complexity index is 1060. The van der Waals surface area contributed by atoms with E-state index in [1.165, 1.54) is 29.6 Å². The van der Waals surface area contributed by atoms with Crippen molar-refractivity contribution in [1.29, 1.82) is 0 Å². The fourth-order valence-corrected chi connectivity index (χ4v) is 5.06. The van der Waals surface area contributed by atoms with Gasteiger partial charge >= 0.3 is 0 Å². The van der Waals surface area contributed by atoms with Crippen LogP contribution in [-0.2, 0) is 16.6 Å². The highest BCUT2D eigenvalue weighted by molar-refractivity contribution is 7.89. The third kappa shape index (κ3) is 3.93. The average Bonchev–Trinajstić information content (AvgIpc) is 3.21. The molecule has 9 nitrogen and oxygen atoms in total. The molecule has 2 N–H and O–H groups in total. The number of benzene rings is 2. The molecule has 0 aromatic heterocycles. The van der Waals surface area contributed by atoms with Gasteiger partial charge in [-0.25, -0.2) is 8.42 Å². The zero-order valence-corrected chi connectivity index (χ0v) is 17.4. The Labute approximate surface area is 175 Å². The Morgan fingerprint density at radius 2 is 1.80 bits per heavy atom. The molecular formula is C20H23N3O6S. The van der Waals surface area contributed by atoms with Gasteiger partial charge in [0, 0.05) is 32.7 Å². The predicted molar refractivity (Wildman–Crippen MR) is 108 cm³/mol. The summed E-state index contributed by atoms with van der Waals surface area (Å²) in [5.41, 5.74) is 6.48. The van der Waals surface area contributed by atoms with Crippen LogP contribution in [0.3, 0.4) is 0 Å². The van der Waals surface area contributed by atoms with Gasteiger partial charge in [0.25, 0.3) is 5.91 Å². The number of methoxy groups -OCH3 is 1. The first-order valence-corrected chi connectivity index (χ1v) is 10.9. The Morgan fingerprint density at radius 1 is 1.07 bits per heavy atom. The van der Waals surface area contributed by atoms with Crippen LogP contribution in [0.2, 0.25) is 0 Å². The number of primary amides is 1. The van der Waals surface area contributed by atoms with Crippen molar-refractivity contribution in [1.82, 2.24) is 9.21 Å². The molecule has 2 heterocycles. The highest BCUT2D eigenvalue weighted by Gasteiger charge is 2.29. The molecule has 2 aliphatic heterocycles. The van der Waals surface area contributed by atoms with Crippen LogP contribution in [0.1, 0.15) is 15.9 Å². The summed E-state index contributed by atoms with van der Waals surface area (Å²) in [6.45, 7) is 2.81. The molecule has 2 aliphatic rings. The molecule has 0 radical (unpaired) electrons. The van der Waals surface area contributed by atoms with Crippen molar-refractivity contribution in [3.05, 3.63) is 47.5 Å². The van der Waals surface area contributed by atoms with E-state index in [0.717, 1.165) is 17.1 Å². The first-order chi connectivity index (χ1) is 14.4. The molecule has 0 saturated carbocycles. The second-order valence-electron chi connectivity index (χ2n) is 7.09. The maximum atomic E-state index is 13.0. The monoisotopic (exact) mass is 433 g/mol. The number of nitrogens with two attached hydrogens (primary N) is 1. The van der Waals surface area contributed by atoms with Gasteiger partial charge < -0.3 is 19.9 Å². The number of nitrogens with zero attached hydrogens (tertiary/aromatic N) is 2. The van der Waals surface area contributed by atoms with Crippen LogP contribution in [0.4, 0.5) is 0 Å². The van der Waals surface area contributed by atoms with E-state index >= 15 is 0 Å². The molecule has 1 amide bonds. The molecule has 1 saturated heterocycles. The summed E-state index contributed by atoms with van der Waals surface area (Å²) in [6, 6.07) is 9.98. The molecule has 1 fully saturated rings. The van der Waals surface area contributed by atoms with Gasteiger partial charge in [-0.1, -0.05) is 6.07 Å². The summed E-state index contributed by atoms with van der Waals surface area (Å²) >= 11 is 0. The Hall–Kier alpha value is -2.82. The third-order valence-electron chi connectivity index (χ3n) is 5.25. The molecule has 0 spiro atoms. The SMILES string of the molecule is COc1ccc(S(=O)(=O)N2CCN(Cc3ccc4c(c3)OCO4)CC2)cc1C(N)=O. The van der Waals surface area contributed by atoms with Crippen LogP contribution in [0, 0.1) is 0 Å². The van der Waals surface area contributed by atoms with Crippen LogP contribution in [0.15, 0.2) is 41.3 Å². The van der Waals surface area contributed by atoms with E-state index in [-0.39, 0.29) is 23.0 Å². The van der Waals surface area contributed by atoms with Gasteiger partial charge in [-0.05, 0) is 35.9 Å². The van der Waals surface area contributed by atoms with E-state index in [1.807, 2.05) is 18.2 Å². The minimum Gasteiger partial charge on any atom is -0.496 e. The van der Waals surface area contributed by atoms with E-state index in [0.29, 0.717) is 32.7 Å². The first-order valence-electron chi connectivity index (χ1n) is 9.47. The largest absolute Gasteiger partial charge is 0.496 e. The Kier molecular flexibility index (Phi) is 5.54. The maximum Gasteiger partial charge on any atom is 0.252 e. The fourth-order valence-electron chi connectivity index (χ4n) is 3.61. The number of hydrogen-bond donors (Lipinski definition) is 1. The number of ether oxygens (including phenoxy) is 3. The second-order valence-corrected chi connectivity index (χ2v) is 9.03. The third-order valence-corrected chi connectivity index (χ3v) is 7.14. The van der Waals surface area contributed by atoms with Gasteiger partial charge in [-0.15, -0.1) is 0 Å². The number of fused-ring (bicyclic) bond motifs is 1. The molecule has 30 heavy (non-hydrogen) atoms. The van der Waals surface area contributed by atoms with Gasteiger partial charge in [-0.3, -0.25) is 9.69 Å². The molecule has 0 unspecified atom stereocenters. The molecule has 10 heteroatoms. The molecule has 2 aromatic rings. The highest BCUT2D eigenvalue weighted by Crippen LogP contribution is 2.33. The van der Waals surface area contributed by atoms with Crippen LogP contribution < -0.4 is 19.9 Å². The number of amides is 1. The summed E-state index contributed by atoms with van der Waals surface area (Å²) in [6.07, 6.45) is 0. The Morgan fingerprint density at radius 3 is 2.50 bits per heavy atom. The fraction of sp³-hybridized carbons (Fsp3) is 0.350. The van der Waals surface area contributed by atoms with Crippen molar-refractivity contribution < 1.29 is 27.4 Å². The van der Waals surface area contributed by atoms with Crippen molar-refractivity contribution in [2.24, 2.45) is 5.73 Å². The zero-order chi connectivity index (χ0) is 21.3. The quantitative estimate of drug-likeness (QED) is 0.724. The zero-order valence-electron chi connectivity index (χ0n) is 16.5. The van der Waals surface area contributed by atoms with Gasteiger partial charge in [-0.2, -0.15) is 4.31 Å². The number of hydrogen-bond acceptors (Lipinski definition) is 7. The topological polar surface area (TPSA) is 111 Å². The first kappa shape index (κ1) is 20.5. The van der Waals surface area contributed by atoms with Gasteiger partial charge in [0.15, 0.2) is 11.5 Å². The molecule has 0 bridgehead atoms.